The van der Waals surface area contributed by atoms with Gasteiger partial charge >= 0.3 is 0 Å². The maximum absolute atomic E-state index is 13.2. The second-order valence-corrected chi connectivity index (χ2v) is 10.8. The average molecular weight is 524 g/mol. The molecule has 184 valence electrons. The number of hydrogen-bond acceptors (Lipinski definition) is 5. The lowest BCUT2D eigenvalue weighted by molar-refractivity contribution is -0.421. The summed E-state index contributed by atoms with van der Waals surface area (Å²) in [6.45, 7) is 9.69. The van der Waals surface area contributed by atoms with Gasteiger partial charge in [-0.15, -0.1) is 6.42 Å². The first-order valence-corrected chi connectivity index (χ1v) is 13.1. The Bertz CT molecular complexity index is 803. The number of nitro groups is 1. The minimum atomic E-state index is -0.465. The van der Waals surface area contributed by atoms with Gasteiger partial charge in [0.2, 0.25) is 0 Å². The highest BCUT2D eigenvalue weighted by atomic mass is 79.9. The van der Waals surface area contributed by atoms with Crippen molar-refractivity contribution in [2.45, 2.75) is 65.3 Å². The molecule has 0 aromatic heterocycles. The molecule has 2 rings (SSSR count). The van der Waals surface area contributed by atoms with Crippen LogP contribution in [0.15, 0.2) is 23.0 Å². The van der Waals surface area contributed by atoms with Crippen molar-refractivity contribution in [2.24, 2.45) is 11.3 Å². The van der Waals surface area contributed by atoms with E-state index in [9.17, 15) is 14.9 Å². The zero-order valence-electron chi connectivity index (χ0n) is 20.5. The summed E-state index contributed by atoms with van der Waals surface area (Å²) in [7, 11) is 2.14. The normalized spacial score (nSPS) is 23.5. The Morgan fingerprint density at radius 1 is 1.27 bits per heavy atom. The standard InChI is InChI=1S/C25H39BrN4O3/c1-6-21(24(31)29-15-8-7-9-16-29)23(22(10-13-26)30(32)33)27-14-11-20-18-19(25(2,3)4)12-17-28(20)5/h1,10,19-20,27H,7-9,11-18H2,2-5H3/b22-10+,23-21-. The van der Waals surface area contributed by atoms with E-state index in [0.717, 1.165) is 38.6 Å². The summed E-state index contributed by atoms with van der Waals surface area (Å²) >= 11 is 3.25. The summed E-state index contributed by atoms with van der Waals surface area (Å²) in [5.74, 6) is 2.81. The Kier molecular flexibility index (Phi) is 10.4. The molecule has 8 heteroatoms. The minimum Gasteiger partial charge on any atom is -0.378 e. The minimum absolute atomic E-state index is 0.0466. The summed E-state index contributed by atoms with van der Waals surface area (Å²) in [4.78, 5) is 28.7. The molecule has 7 nitrogen and oxygen atoms in total. The molecule has 1 N–H and O–H groups in total. The van der Waals surface area contributed by atoms with Crippen LogP contribution >= 0.6 is 15.9 Å². The number of nitrogens with zero attached hydrogens (tertiary/aromatic N) is 3. The fourth-order valence-corrected chi connectivity index (χ4v) is 5.11. The first-order valence-electron chi connectivity index (χ1n) is 11.9. The van der Waals surface area contributed by atoms with Crippen molar-refractivity contribution in [3.8, 4) is 12.3 Å². The maximum atomic E-state index is 13.2. The third-order valence-corrected chi connectivity index (χ3v) is 7.31. The first kappa shape index (κ1) is 27.4. The van der Waals surface area contributed by atoms with E-state index in [1.165, 1.54) is 12.5 Å². The Hall–Kier alpha value is -1.85. The lowest BCUT2D eigenvalue weighted by Gasteiger charge is -2.42. The summed E-state index contributed by atoms with van der Waals surface area (Å²) < 4.78 is 0. The van der Waals surface area contributed by atoms with Gasteiger partial charge in [0.25, 0.3) is 11.6 Å². The van der Waals surface area contributed by atoms with Crippen molar-refractivity contribution in [1.82, 2.24) is 15.1 Å². The van der Waals surface area contributed by atoms with Gasteiger partial charge in [0.15, 0.2) is 0 Å². The van der Waals surface area contributed by atoms with Crippen LogP contribution < -0.4 is 5.32 Å². The van der Waals surface area contributed by atoms with E-state index in [4.69, 9.17) is 6.42 Å². The van der Waals surface area contributed by atoms with Gasteiger partial charge in [-0.3, -0.25) is 14.9 Å². The number of amides is 1. The van der Waals surface area contributed by atoms with Gasteiger partial charge in [-0.05, 0) is 63.5 Å². The fourth-order valence-electron chi connectivity index (χ4n) is 4.80. The van der Waals surface area contributed by atoms with Crippen molar-refractivity contribution >= 4 is 21.8 Å². The Morgan fingerprint density at radius 2 is 1.94 bits per heavy atom. The third-order valence-electron chi connectivity index (χ3n) is 6.99. The van der Waals surface area contributed by atoms with Crippen LogP contribution in [0.1, 0.15) is 59.3 Å². The highest BCUT2D eigenvalue weighted by Crippen LogP contribution is 2.37. The number of alkyl halides is 1. The van der Waals surface area contributed by atoms with Gasteiger partial charge < -0.3 is 15.1 Å². The predicted molar refractivity (Wildman–Crippen MR) is 136 cm³/mol. The number of piperidine rings is 2. The highest BCUT2D eigenvalue weighted by molar-refractivity contribution is 9.09. The Balaban J connectivity index is 2.24. The summed E-state index contributed by atoms with van der Waals surface area (Å²) in [6, 6.07) is 0.378. The quantitative estimate of drug-likeness (QED) is 0.129. The number of halogens is 1. The van der Waals surface area contributed by atoms with E-state index in [0.29, 0.717) is 36.9 Å². The molecule has 0 bridgehead atoms. The topological polar surface area (TPSA) is 78.7 Å². The van der Waals surface area contributed by atoms with E-state index in [1.54, 1.807) is 4.90 Å². The molecular formula is C25H39BrN4O3. The average Bonchev–Trinajstić information content (AvgIpc) is 2.77. The monoisotopic (exact) mass is 522 g/mol. The van der Waals surface area contributed by atoms with Crippen LogP contribution in [-0.2, 0) is 4.79 Å². The number of carbonyl (C=O) groups is 1. The Morgan fingerprint density at radius 3 is 2.48 bits per heavy atom. The van der Waals surface area contributed by atoms with Crippen molar-refractivity contribution in [3.63, 3.8) is 0 Å². The lowest BCUT2D eigenvalue weighted by atomic mass is 9.73. The molecule has 2 atom stereocenters. The molecule has 2 unspecified atom stereocenters. The summed E-state index contributed by atoms with van der Waals surface area (Å²) in [5, 5.41) is 15.4. The van der Waals surface area contributed by atoms with Crippen molar-refractivity contribution in [1.29, 1.82) is 0 Å². The van der Waals surface area contributed by atoms with Crippen LogP contribution in [0.4, 0.5) is 0 Å². The SMILES string of the molecule is C#C/C(C(=O)N1CCCCC1)=C(NCCC1CC(C(C)(C)C)CCN1C)\C(=C/CBr)[N+](=O)[O-]. The fraction of sp³-hybridized carbons (Fsp3) is 0.720. The van der Waals surface area contributed by atoms with E-state index < -0.39 is 4.92 Å². The van der Waals surface area contributed by atoms with Gasteiger partial charge in [0.1, 0.15) is 11.3 Å². The molecule has 33 heavy (non-hydrogen) atoms. The van der Waals surface area contributed by atoms with Crippen LogP contribution in [-0.4, -0.2) is 65.2 Å². The molecule has 0 aromatic rings. The Labute approximate surface area is 207 Å². The molecule has 0 saturated carbocycles. The number of nitrogens with one attached hydrogen (secondary N) is 1. The predicted octanol–water partition coefficient (Wildman–Crippen LogP) is 4.18. The number of hydrogen-bond donors (Lipinski definition) is 1. The number of rotatable bonds is 8. The van der Waals surface area contributed by atoms with E-state index >= 15 is 0 Å². The summed E-state index contributed by atoms with van der Waals surface area (Å²) in [5.41, 5.74) is 0.302. The molecule has 0 aromatic carbocycles. The molecule has 0 spiro atoms. The number of carbonyl (C=O) groups excluding carboxylic acids is 1. The molecule has 2 saturated heterocycles. The van der Waals surface area contributed by atoms with Crippen molar-refractivity contribution in [2.75, 3.05) is 38.6 Å². The first-order chi connectivity index (χ1) is 15.6. The smallest absolute Gasteiger partial charge is 0.290 e. The summed E-state index contributed by atoms with van der Waals surface area (Å²) in [6.07, 6.45) is 13.2. The van der Waals surface area contributed by atoms with Crippen LogP contribution in [0.25, 0.3) is 0 Å². The maximum Gasteiger partial charge on any atom is 0.290 e. The second-order valence-electron chi connectivity index (χ2n) is 10.2. The van der Waals surface area contributed by atoms with Crippen LogP contribution in [0, 0.1) is 33.8 Å². The van der Waals surface area contributed by atoms with Gasteiger partial charge in [-0.25, -0.2) is 0 Å². The lowest BCUT2D eigenvalue weighted by Crippen LogP contribution is -2.44. The molecule has 1 amide bonds. The highest BCUT2D eigenvalue weighted by Gasteiger charge is 2.33. The third kappa shape index (κ3) is 7.58. The number of terminal acetylenes is 1. The molecule has 2 aliphatic heterocycles. The molecule has 2 fully saturated rings. The van der Waals surface area contributed by atoms with Crippen molar-refractivity contribution in [3.05, 3.63) is 33.2 Å². The molecule has 0 aliphatic carbocycles. The zero-order valence-corrected chi connectivity index (χ0v) is 22.1. The number of allylic oxidation sites excluding steroid dienone is 1. The van der Waals surface area contributed by atoms with Crippen LogP contribution in [0.2, 0.25) is 0 Å². The molecule has 2 heterocycles. The van der Waals surface area contributed by atoms with Gasteiger partial charge in [0, 0.05) is 37.1 Å². The van der Waals surface area contributed by atoms with E-state index in [2.05, 4.69) is 59.9 Å². The van der Waals surface area contributed by atoms with Crippen LogP contribution in [0.5, 0.6) is 0 Å². The largest absolute Gasteiger partial charge is 0.378 e. The number of likely N-dealkylation sites (tertiary alicyclic amines) is 2. The molecule has 2 aliphatic rings. The van der Waals surface area contributed by atoms with Gasteiger partial charge in [-0.2, -0.15) is 0 Å². The van der Waals surface area contributed by atoms with Crippen LogP contribution in [0.3, 0.4) is 0 Å². The van der Waals surface area contributed by atoms with E-state index in [1.807, 2.05) is 0 Å². The molecule has 0 radical (unpaired) electrons. The zero-order chi connectivity index (χ0) is 24.6. The van der Waals surface area contributed by atoms with Crippen molar-refractivity contribution < 1.29 is 9.72 Å². The van der Waals surface area contributed by atoms with Gasteiger partial charge in [-0.1, -0.05) is 42.6 Å². The molecular weight excluding hydrogens is 484 g/mol. The van der Waals surface area contributed by atoms with E-state index in [-0.39, 0.29) is 28.3 Å². The van der Waals surface area contributed by atoms with Gasteiger partial charge in [0.05, 0.1) is 4.92 Å². The second kappa shape index (κ2) is 12.6.